The molecule has 1 aliphatic rings. The molecule has 20 heavy (non-hydrogen) atoms. The molecule has 1 fully saturated rings. The number of thiophene rings is 1. The first kappa shape index (κ1) is 15.4. The summed E-state index contributed by atoms with van der Waals surface area (Å²) in [5, 5.41) is 14.3. The fourth-order valence-electron chi connectivity index (χ4n) is 2.40. The van der Waals surface area contributed by atoms with Gasteiger partial charge in [-0.1, -0.05) is 18.3 Å². The van der Waals surface area contributed by atoms with Crippen LogP contribution in [0.4, 0.5) is 0 Å². The zero-order valence-corrected chi connectivity index (χ0v) is 13.1. The van der Waals surface area contributed by atoms with Crippen LogP contribution in [0.1, 0.15) is 40.9 Å². The summed E-state index contributed by atoms with van der Waals surface area (Å²) in [6.45, 7) is 0.0517. The zero-order chi connectivity index (χ0) is 14.4. The lowest BCUT2D eigenvalue weighted by molar-refractivity contribution is 0.0942. The highest BCUT2D eigenvalue weighted by atomic mass is 32.2. The molecule has 2 unspecified atom stereocenters. The number of hydrogen-bond donors (Lipinski definition) is 2. The summed E-state index contributed by atoms with van der Waals surface area (Å²) in [6, 6.07) is 2.14. The van der Waals surface area contributed by atoms with Crippen LogP contribution in [0.25, 0.3) is 0 Å². The Morgan fingerprint density at radius 3 is 3.20 bits per heavy atom. The maximum absolute atomic E-state index is 12.3. The molecule has 1 heterocycles. The van der Waals surface area contributed by atoms with Crippen molar-refractivity contribution in [2.45, 2.75) is 37.0 Å². The van der Waals surface area contributed by atoms with Crippen molar-refractivity contribution in [3.05, 3.63) is 21.9 Å². The molecule has 1 aromatic heterocycles. The first-order valence-electron chi connectivity index (χ1n) is 6.77. The smallest absolute Gasteiger partial charge is 0.262 e. The number of aliphatic hydroxyl groups excluding tert-OH is 1. The Hall–Kier alpha value is -0.960. The summed E-state index contributed by atoms with van der Waals surface area (Å²) in [6.07, 6.45) is 5.97. The Labute approximate surface area is 128 Å². The molecule has 1 aliphatic carbocycles. The van der Waals surface area contributed by atoms with E-state index in [1.807, 2.05) is 23.2 Å². The van der Waals surface area contributed by atoms with E-state index in [1.54, 1.807) is 0 Å². The van der Waals surface area contributed by atoms with E-state index in [0.717, 1.165) is 12.0 Å². The fourth-order valence-corrected chi connectivity index (χ4v) is 4.09. The van der Waals surface area contributed by atoms with Gasteiger partial charge in [-0.15, -0.1) is 11.3 Å². The van der Waals surface area contributed by atoms with E-state index in [9.17, 15) is 4.79 Å². The van der Waals surface area contributed by atoms with E-state index in [-0.39, 0.29) is 18.6 Å². The molecule has 5 heteroatoms. The van der Waals surface area contributed by atoms with Gasteiger partial charge < -0.3 is 10.4 Å². The van der Waals surface area contributed by atoms with Crippen molar-refractivity contribution in [3.8, 4) is 11.8 Å². The Morgan fingerprint density at radius 1 is 1.60 bits per heavy atom. The molecule has 108 valence electrons. The Balaban J connectivity index is 2.03. The lowest BCUT2D eigenvalue weighted by Crippen LogP contribution is -2.38. The Morgan fingerprint density at radius 2 is 2.45 bits per heavy atom. The normalized spacial score (nSPS) is 21.3. The highest BCUT2D eigenvalue weighted by Crippen LogP contribution is 2.29. The van der Waals surface area contributed by atoms with Gasteiger partial charge in [0.05, 0.1) is 6.61 Å². The lowest BCUT2D eigenvalue weighted by Gasteiger charge is -2.18. The van der Waals surface area contributed by atoms with Gasteiger partial charge in [-0.25, -0.2) is 0 Å². The number of thioether (sulfide) groups is 1. The standard InChI is InChI=1S/C15H19NO2S2/c1-19-13-7-4-6-12(13)16-15(18)14-11(8-10-20-14)5-2-3-9-17/h8,10,12-13,17H,3-4,6-7,9H2,1H3,(H,16,18). The van der Waals surface area contributed by atoms with Crippen molar-refractivity contribution in [2.24, 2.45) is 0 Å². The van der Waals surface area contributed by atoms with Gasteiger partial charge in [-0.3, -0.25) is 4.79 Å². The third kappa shape index (κ3) is 3.78. The predicted octanol–water partition coefficient (Wildman–Crippen LogP) is 2.50. The van der Waals surface area contributed by atoms with Crippen molar-refractivity contribution in [3.63, 3.8) is 0 Å². The molecule has 0 spiro atoms. The summed E-state index contributed by atoms with van der Waals surface area (Å²) >= 11 is 3.26. The van der Waals surface area contributed by atoms with Gasteiger partial charge in [0.2, 0.25) is 0 Å². The molecule has 1 saturated carbocycles. The van der Waals surface area contributed by atoms with Crippen LogP contribution in [0.5, 0.6) is 0 Å². The summed E-state index contributed by atoms with van der Waals surface area (Å²) in [4.78, 5) is 13.0. The van der Waals surface area contributed by atoms with Crippen molar-refractivity contribution in [2.75, 3.05) is 12.9 Å². The number of hydrogen-bond acceptors (Lipinski definition) is 4. The molecule has 2 N–H and O–H groups in total. The molecule has 1 aromatic rings. The monoisotopic (exact) mass is 309 g/mol. The topological polar surface area (TPSA) is 49.3 Å². The first-order chi connectivity index (χ1) is 9.76. The number of carbonyl (C=O) groups is 1. The number of aliphatic hydroxyl groups is 1. The van der Waals surface area contributed by atoms with Crippen LogP contribution in [0, 0.1) is 11.8 Å². The molecule has 0 radical (unpaired) electrons. The molecule has 0 aliphatic heterocycles. The van der Waals surface area contributed by atoms with E-state index in [0.29, 0.717) is 16.5 Å². The van der Waals surface area contributed by atoms with Crippen LogP contribution in [-0.4, -0.2) is 35.2 Å². The molecular weight excluding hydrogens is 290 g/mol. The summed E-state index contributed by atoms with van der Waals surface area (Å²) in [7, 11) is 0. The fraction of sp³-hybridized carbons (Fsp3) is 0.533. The summed E-state index contributed by atoms with van der Waals surface area (Å²) < 4.78 is 0. The largest absolute Gasteiger partial charge is 0.395 e. The van der Waals surface area contributed by atoms with Crippen LogP contribution in [0.15, 0.2) is 11.4 Å². The third-order valence-electron chi connectivity index (χ3n) is 3.40. The molecule has 2 atom stereocenters. The van der Waals surface area contributed by atoms with Crippen LogP contribution in [-0.2, 0) is 0 Å². The maximum atomic E-state index is 12.3. The summed E-state index contributed by atoms with van der Waals surface area (Å²) in [5.74, 6) is 5.81. The van der Waals surface area contributed by atoms with Crippen molar-refractivity contribution < 1.29 is 9.90 Å². The molecule has 1 amide bonds. The number of amides is 1. The van der Waals surface area contributed by atoms with E-state index < -0.39 is 0 Å². The van der Waals surface area contributed by atoms with Gasteiger partial charge in [0.1, 0.15) is 4.88 Å². The quantitative estimate of drug-likeness (QED) is 0.840. The number of rotatable bonds is 4. The lowest BCUT2D eigenvalue weighted by atomic mass is 10.2. The van der Waals surface area contributed by atoms with Crippen molar-refractivity contribution in [1.82, 2.24) is 5.32 Å². The van der Waals surface area contributed by atoms with Gasteiger partial charge in [0, 0.05) is 23.3 Å². The predicted molar refractivity (Wildman–Crippen MR) is 85.3 cm³/mol. The summed E-state index contributed by atoms with van der Waals surface area (Å²) in [5.41, 5.74) is 0.764. The van der Waals surface area contributed by atoms with Gasteiger partial charge in [0.25, 0.3) is 5.91 Å². The van der Waals surface area contributed by atoms with E-state index in [1.165, 1.54) is 24.2 Å². The first-order valence-corrected chi connectivity index (χ1v) is 8.94. The van der Waals surface area contributed by atoms with Gasteiger partial charge in [0.15, 0.2) is 0 Å². The molecule has 3 nitrogen and oxygen atoms in total. The molecular formula is C15H19NO2S2. The zero-order valence-electron chi connectivity index (χ0n) is 11.5. The maximum Gasteiger partial charge on any atom is 0.262 e. The third-order valence-corrected chi connectivity index (χ3v) is 5.49. The second kappa shape index (κ2) is 7.72. The minimum absolute atomic E-state index is 0.0146. The van der Waals surface area contributed by atoms with E-state index >= 15 is 0 Å². The average Bonchev–Trinajstić information content (AvgIpc) is 3.07. The Kier molecular flexibility index (Phi) is 5.96. The second-order valence-corrected chi connectivity index (χ2v) is 6.72. The van der Waals surface area contributed by atoms with E-state index in [2.05, 4.69) is 23.4 Å². The van der Waals surface area contributed by atoms with Crippen LogP contribution in [0.2, 0.25) is 0 Å². The number of nitrogens with one attached hydrogen (secondary N) is 1. The minimum Gasteiger partial charge on any atom is -0.395 e. The molecule has 0 bridgehead atoms. The van der Waals surface area contributed by atoms with Crippen LogP contribution in [0.3, 0.4) is 0 Å². The molecule has 2 rings (SSSR count). The van der Waals surface area contributed by atoms with Gasteiger partial charge in [-0.2, -0.15) is 11.8 Å². The highest BCUT2D eigenvalue weighted by molar-refractivity contribution is 7.99. The average molecular weight is 309 g/mol. The van der Waals surface area contributed by atoms with Gasteiger partial charge in [-0.05, 0) is 30.5 Å². The van der Waals surface area contributed by atoms with Crippen LogP contribution >= 0.6 is 23.1 Å². The Bertz CT molecular complexity index is 515. The SMILES string of the molecule is CSC1CCCC1NC(=O)c1sccc1C#CCCO. The van der Waals surface area contributed by atoms with Crippen LogP contribution < -0.4 is 5.32 Å². The van der Waals surface area contributed by atoms with Gasteiger partial charge >= 0.3 is 0 Å². The molecule has 0 saturated heterocycles. The highest BCUT2D eigenvalue weighted by Gasteiger charge is 2.28. The number of carbonyl (C=O) groups excluding carboxylic acids is 1. The van der Waals surface area contributed by atoms with Crippen molar-refractivity contribution in [1.29, 1.82) is 0 Å². The van der Waals surface area contributed by atoms with E-state index in [4.69, 9.17) is 5.11 Å². The second-order valence-electron chi connectivity index (χ2n) is 4.72. The van der Waals surface area contributed by atoms with Crippen molar-refractivity contribution >= 4 is 29.0 Å². The minimum atomic E-state index is -0.0146. The molecule has 0 aromatic carbocycles.